The molecule has 1 saturated heterocycles. The number of hydrogen-bond donors (Lipinski definition) is 1. The van der Waals surface area contributed by atoms with E-state index in [1.54, 1.807) is 0 Å². The van der Waals surface area contributed by atoms with E-state index in [-0.39, 0.29) is 24.3 Å². The first kappa shape index (κ1) is 14.6. The maximum Gasteiger partial charge on any atom is 0.252 e. The van der Waals surface area contributed by atoms with Crippen molar-refractivity contribution >= 4 is 17.5 Å². The van der Waals surface area contributed by atoms with Crippen LogP contribution in [0.2, 0.25) is 0 Å². The van der Waals surface area contributed by atoms with E-state index in [0.29, 0.717) is 0 Å². The zero-order valence-electron chi connectivity index (χ0n) is 12.6. The number of likely N-dealkylation sites (tertiary alicyclic amines) is 1. The fraction of sp³-hybridized carbons (Fsp3) is 0.500. The lowest BCUT2D eigenvalue weighted by atomic mass is 10.1. The number of rotatable bonds is 4. The van der Waals surface area contributed by atoms with Crippen molar-refractivity contribution in [2.45, 2.75) is 52.6 Å². The van der Waals surface area contributed by atoms with Gasteiger partial charge < -0.3 is 5.32 Å². The summed E-state index contributed by atoms with van der Waals surface area (Å²) in [5.74, 6) is -0.185. The summed E-state index contributed by atoms with van der Waals surface area (Å²) in [4.78, 5) is 25.7. The third-order valence-electron chi connectivity index (χ3n) is 3.78. The lowest BCUT2D eigenvalue weighted by Crippen LogP contribution is -2.40. The monoisotopic (exact) mass is 274 g/mol. The van der Waals surface area contributed by atoms with E-state index in [9.17, 15) is 9.59 Å². The summed E-state index contributed by atoms with van der Waals surface area (Å²) in [5.41, 5.74) is 3.19. The third-order valence-corrected chi connectivity index (χ3v) is 3.78. The maximum atomic E-state index is 12.3. The standard InChI is InChI=1S/C16H22N2O2/c1-5-12(4)18-15(19)9-14(16(18)20)17-13-7-10(2)6-11(3)8-13/h6-8,12,14,17H,5,9H2,1-4H3. The molecule has 2 rings (SSSR count). The van der Waals surface area contributed by atoms with Crippen molar-refractivity contribution in [2.24, 2.45) is 0 Å². The lowest BCUT2D eigenvalue weighted by molar-refractivity contribution is -0.140. The van der Waals surface area contributed by atoms with Gasteiger partial charge in [0.2, 0.25) is 5.91 Å². The number of carbonyl (C=O) groups is 2. The van der Waals surface area contributed by atoms with Crippen LogP contribution in [0.1, 0.15) is 37.8 Å². The van der Waals surface area contributed by atoms with Crippen LogP contribution in [0.4, 0.5) is 5.69 Å². The zero-order chi connectivity index (χ0) is 14.9. The van der Waals surface area contributed by atoms with Crippen LogP contribution in [0.25, 0.3) is 0 Å². The third kappa shape index (κ3) is 2.84. The van der Waals surface area contributed by atoms with Crippen LogP contribution < -0.4 is 5.32 Å². The van der Waals surface area contributed by atoms with Crippen LogP contribution in [-0.2, 0) is 9.59 Å². The Labute approximate surface area is 120 Å². The normalized spacial score (nSPS) is 20.4. The number of nitrogens with one attached hydrogen (secondary N) is 1. The summed E-state index contributed by atoms with van der Waals surface area (Å²) < 4.78 is 0. The number of aryl methyl sites for hydroxylation is 2. The SMILES string of the molecule is CCC(C)N1C(=O)CC(Nc2cc(C)cc(C)c2)C1=O. The first-order valence-electron chi connectivity index (χ1n) is 7.13. The molecule has 1 aromatic carbocycles. The molecule has 0 aliphatic carbocycles. The molecule has 4 nitrogen and oxygen atoms in total. The molecule has 1 heterocycles. The molecule has 1 aliphatic rings. The van der Waals surface area contributed by atoms with Gasteiger partial charge in [0.1, 0.15) is 6.04 Å². The van der Waals surface area contributed by atoms with Gasteiger partial charge in [-0.05, 0) is 50.5 Å². The average molecular weight is 274 g/mol. The molecule has 4 heteroatoms. The van der Waals surface area contributed by atoms with E-state index in [0.717, 1.165) is 23.2 Å². The predicted molar refractivity (Wildman–Crippen MR) is 79.5 cm³/mol. The molecule has 108 valence electrons. The Hall–Kier alpha value is -1.84. The van der Waals surface area contributed by atoms with Crippen molar-refractivity contribution in [3.05, 3.63) is 29.3 Å². The number of hydrogen-bond acceptors (Lipinski definition) is 3. The fourth-order valence-electron chi connectivity index (χ4n) is 2.67. The summed E-state index contributed by atoms with van der Waals surface area (Å²) >= 11 is 0. The van der Waals surface area contributed by atoms with Gasteiger partial charge in [-0.3, -0.25) is 14.5 Å². The Kier molecular flexibility index (Phi) is 4.12. The van der Waals surface area contributed by atoms with Gasteiger partial charge in [0.25, 0.3) is 5.91 Å². The van der Waals surface area contributed by atoms with E-state index in [4.69, 9.17) is 0 Å². The highest BCUT2D eigenvalue weighted by molar-refractivity contribution is 6.07. The predicted octanol–water partition coefficient (Wildman–Crippen LogP) is 2.64. The van der Waals surface area contributed by atoms with Gasteiger partial charge >= 0.3 is 0 Å². The zero-order valence-corrected chi connectivity index (χ0v) is 12.6. The highest BCUT2D eigenvalue weighted by Gasteiger charge is 2.40. The van der Waals surface area contributed by atoms with Crippen molar-refractivity contribution in [1.82, 2.24) is 4.90 Å². The van der Waals surface area contributed by atoms with Crippen LogP contribution >= 0.6 is 0 Å². The van der Waals surface area contributed by atoms with Crippen LogP contribution in [-0.4, -0.2) is 28.8 Å². The molecule has 2 atom stereocenters. The van der Waals surface area contributed by atoms with Gasteiger partial charge in [-0.2, -0.15) is 0 Å². The minimum Gasteiger partial charge on any atom is -0.373 e. The van der Waals surface area contributed by atoms with E-state index in [2.05, 4.69) is 11.4 Å². The highest BCUT2D eigenvalue weighted by atomic mass is 16.2. The van der Waals surface area contributed by atoms with Crippen molar-refractivity contribution in [3.8, 4) is 0 Å². The lowest BCUT2D eigenvalue weighted by Gasteiger charge is -2.22. The van der Waals surface area contributed by atoms with Crippen LogP contribution in [0.15, 0.2) is 18.2 Å². The summed E-state index contributed by atoms with van der Waals surface area (Å²) in [6.07, 6.45) is 1.03. The average Bonchev–Trinajstić information content (AvgIpc) is 2.62. The maximum absolute atomic E-state index is 12.3. The Morgan fingerprint density at radius 2 is 1.85 bits per heavy atom. The molecular weight excluding hydrogens is 252 g/mol. The number of carbonyl (C=O) groups excluding carboxylic acids is 2. The van der Waals surface area contributed by atoms with Crippen LogP contribution in [0.3, 0.4) is 0 Å². The number of imide groups is 1. The Morgan fingerprint density at radius 3 is 2.40 bits per heavy atom. The number of benzene rings is 1. The quantitative estimate of drug-likeness (QED) is 0.859. The molecule has 0 radical (unpaired) electrons. The molecule has 0 saturated carbocycles. The number of nitrogens with zero attached hydrogens (tertiary/aromatic N) is 1. The molecule has 2 amide bonds. The van der Waals surface area contributed by atoms with Crippen molar-refractivity contribution in [1.29, 1.82) is 0 Å². The molecule has 1 aliphatic heterocycles. The summed E-state index contributed by atoms with van der Waals surface area (Å²) in [5, 5.41) is 3.20. The molecule has 0 bridgehead atoms. The van der Waals surface area contributed by atoms with Gasteiger partial charge in [0.05, 0.1) is 6.42 Å². The largest absolute Gasteiger partial charge is 0.373 e. The van der Waals surface area contributed by atoms with E-state index in [1.807, 2.05) is 39.8 Å². The van der Waals surface area contributed by atoms with Gasteiger partial charge in [0.15, 0.2) is 0 Å². The van der Waals surface area contributed by atoms with Gasteiger partial charge in [0, 0.05) is 11.7 Å². The molecule has 1 fully saturated rings. The van der Waals surface area contributed by atoms with Crippen molar-refractivity contribution in [2.75, 3.05) is 5.32 Å². The minimum absolute atomic E-state index is 0.0268. The van der Waals surface area contributed by atoms with E-state index < -0.39 is 6.04 Å². The van der Waals surface area contributed by atoms with Crippen molar-refractivity contribution in [3.63, 3.8) is 0 Å². The number of anilines is 1. The van der Waals surface area contributed by atoms with Gasteiger partial charge in [-0.1, -0.05) is 13.0 Å². The Bertz CT molecular complexity index is 519. The second kappa shape index (κ2) is 5.65. The fourth-order valence-corrected chi connectivity index (χ4v) is 2.67. The smallest absolute Gasteiger partial charge is 0.252 e. The second-order valence-corrected chi connectivity index (χ2v) is 5.64. The Balaban J connectivity index is 2.15. The minimum atomic E-state index is -0.433. The second-order valence-electron chi connectivity index (χ2n) is 5.64. The molecule has 20 heavy (non-hydrogen) atoms. The summed E-state index contributed by atoms with van der Waals surface area (Å²) in [6.45, 7) is 7.93. The van der Waals surface area contributed by atoms with E-state index in [1.165, 1.54) is 4.90 Å². The molecule has 1 aromatic rings. The molecule has 1 N–H and O–H groups in total. The van der Waals surface area contributed by atoms with Crippen LogP contribution in [0.5, 0.6) is 0 Å². The first-order chi connectivity index (χ1) is 9.42. The molecule has 0 aromatic heterocycles. The van der Waals surface area contributed by atoms with Gasteiger partial charge in [-0.25, -0.2) is 0 Å². The summed E-state index contributed by atoms with van der Waals surface area (Å²) in [7, 11) is 0. The number of amides is 2. The Morgan fingerprint density at radius 1 is 1.25 bits per heavy atom. The summed E-state index contributed by atoms with van der Waals surface area (Å²) in [6, 6.07) is 5.62. The van der Waals surface area contributed by atoms with E-state index >= 15 is 0 Å². The van der Waals surface area contributed by atoms with Crippen molar-refractivity contribution < 1.29 is 9.59 Å². The molecule has 0 spiro atoms. The molecule has 2 unspecified atom stereocenters. The van der Waals surface area contributed by atoms with Crippen LogP contribution in [0, 0.1) is 13.8 Å². The molecular formula is C16H22N2O2. The highest BCUT2D eigenvalue weighted by Crippen LogP contribution is 2.22. The van der Waals surface area contributed by atoms with Gasteiger partial charge in [-0.15, -0.1) is 0 Å². The first-order valence-corrected chi connectivity index (χ1v) is 7.13. The topological polar surface area (TPSA) is 49.4 Å².